The van der Waals surface area contributed by atoms with Gasteiger partial charge >= 0.3 is 0 Å². The van der Waals surface area contributed by atoms with Crippen LogP contribution in [0, 0.1) is 0 Å². The third-order valence-corrected chi connectivity index (χ3v) is 0. The summed E-state index contributed by atoms with van der Waals surface area (Å²) in [4.78, 5) is 0. The van der Waals surface area contributed by atoms with Gasteiger partial charge in [-0.05, 0) is 0 Å². The van der Waals surface area contributed by atoms with Crippen molar-refractivity contribution >= 4 is 23.1 Å². The number of halogens is 1. The van der Waals surface area contributed by atoms with Gasteiger partial charge in [0.05, 0.1) is 0 Å². The molecule has 0 saturated carbocycles. The smallest absolute Gasteiger partial charge is 0.137 e. The lowest BCUT2D eigenvalue weighted by Crippen LogP contribution is -1.56. The average molecular weight is 117 g/mol. The Morgan fingerprint density at radius 3 is 1.40 bits per heavy atom. The van der Waals surface area contributed by atoms with Crippen molar-refractivity contribution in [3.8, 4) is 0 Å². The molecule has 0 aliphatic rings. The second kappa shape index (κ2) is 4.24. The van der Waals surface area contributed by atoms with Gasteiger partial charge in [0.1, 0.15) is 10.7 Å². The molecule has 0 radical (unpaired) electrons. The fourth-order valence-electron chi connectivity index (χ4n) is 0. The highest BCUT2D eigenvalue weighted by atomic mass is 35.5. The van der Waals surface area contributed by atoms with E-state index in [4.69, 9.17) is 8.42 Å². The van der Waals surface area contributed by atoms with Gasteiger partial charge in [-0.2, -0.15) is 0 Å². The molecule has 2 nitrogen and oxygen atoms in total. The molecule has 5 heavy (non-hydrogen) atoms. The molecule has 0 aliphatic carbocycles. The summed E-state index contributed by atoms with van der Waals surface area (Å²) in [6.45, 7) is 0. The quantitative estimate of drug-likeness (QED) is 0.439. The van der Waals surface area contributed by atoms with Gasteiger partial charge < -0.3 is 0 Å². The van der Waals surface area contributed by atoms with Crippen LogP contribution >= 0.6 is 12.4 Å². The van der Waals surface area contributed by atoms with Crippen LogP contribution in [-0.2, 0) is 10.7 Å². The monoisotopic (exact) mass is 116 g/mol. The Kier molecular flexibility index (Phi) is 7.61. The van der Waals surface area contributed by atoms with Gasteiger partial charge in [-0.1, -0.05) is 0 Å². The topological polar surface area (TPSA) is 34.1 Å². The summed E-state index contributed by atoms with van der Waals surface area (Å²) in [7, 11) is -2.12. The van der Waals surface area contributed by atoms with Gasteiger partial charge in [0, 0.05) is 6.26 Å². The molecule has 0 rings (SSSR count). The van der Waals surface area contributed by atoms with E-state index in [0.29, 0.717) is 0 Å². The lowest BCUT2D eigenvalue weighted by atomic mass is 12.0. The van der Waals surface area contributed by atoms with E-state index in [1.165, 1.54) is 0 Å². The highest BCUT2D eigenvalue weighted by Crippen LogP contribution is 1.29. The normalized spacial score (nSPS) is 6.80. The van der Waals surface area contributed by atoms with Crippen molar-refractivity contribution in [1.29, 1.82) is 0 Å². The Balaban J connectivity index is 0. The Morgan fingerprint density at radius 2 is 1.40 bits per heavy atom. The first-order valence-electron chi connectivity index (χ1n) is 0.812. The van der Waals surface area contributed by atoms with Crippen molar-refractivity contribution in [3.05, 3.63) is 0 Å². The molecule has 0 fully saturated rings. The van der Waals surface area contributed by atoms with Gasteiger partial charge in [-0.25, -0.2) is 8.42 Å². The molecule has 0 aromatic carbocycles. The Bertz CT molecular complexity index is 58.0. The molecule has 0 N–H and O–H groups in total. The maximum atomic E-state index is 9.04. The molecule has 0 spiro atoms. The van der Waals surface area contributed by atoms with Crippen LogP contribution in [0.4, 0.5) is 0 Å². The third-order valence-electron chi connectivity index (χ3n) is 0. The minimum absolute atomic E-state index is 0. The molecule has 0 atom stereocenters. The molecule has 0 bridgehead atoms. The lowest BCUT2D eigenvalue weighted by Gasteiger charge is -1.41. The first-order chi connectivity index (χ1) is 1.73. The highest BCUT2D eigenvalue weighted by Gasteiger charge is 1.44. The van der Waals surface area contributed by atoms with Crippen LogP contribution in [-0.4, -0.2) is 14.7 Å². The molecule has 0 saturated heterocycles. The van der Waals surface area contributed by atoms with E-state index in [9.17, 15) is 0 Å². The van der Waals surface area contributed by atoms with E-state index < -0.39 is 10.7 Å². The maximum Gasteiger partial charge on any atom is 0.137 e. The number of hydrogen-bond donors (Lipinski definition) is 1. The van der Waals surface area contributed by atoms with Crippen LogP contribution < -0.4 is 0 Å². The summed E-state index contributed by atoms with van der Waals surface area (Å²) in [5.41, 5.74) is 0. The van der Waals surface area contributed by atoms with Crippen molar-refractivity contribution in [2.24, 2.45) is 0 Å². The second-order valence-corrected chi connectivity index (χ2v) is 1.32. The zero-order valence-electron chi connectivity index (χ0n) is 2.67. The van der Waals surface area contributed by atoms with Crippen molar-refractivity contribution in [3.63, 3.8) is 0 Å². The molecule has 0 amide bonds. The van der Waals surface area contributed by atoms with E-state index in [2.05, 4.69) is 0 Å². The fraction of sp³-hybridized carbons (Fsp3) is 1.00. The van der Waals surface area contributed by atoms with E-state index in [1.54, 1.807) is 0 Å². The largest absolute Gasteiger partial charge is 0.232 e. The number of rotatable bonds is 0. The average Bonchev–Trinajstić information content (AvgIpc) is 0.811. The molecular weight excluding hydrogens is 112 g/mol. The third kappa shape index (κ3) is 369. The summed E-state index contributed by atoms with van der Waals surface area (Å²) in [5.74, 6) is 0. The summed E-state index contributed by atoms with van der Waals surface area (Å²) < 4.78 is 18.1. The summed E-state index contributed by atoms with van der Waals surface area (Å²) >= 11 is 0. The zero-order valence-corrected chi connectivity index (χ0v) is 4.38. The van der Waals surface area contributed by atoms with Crippen LogP contribution in [0.25, 0.3) is 0 Å². The first-order valence-corrected chi connectivity index (χ1v) is 2.44. The Hall–Kier alpha value is 0.240. The van der Waals surface area contributed by atoms with Gasteiger partial charge in [-0.3, -0.25) is 0 Å². The highest BCUT2D eigenvalue weighted by molar-refractivity contribution is 7.71. The van der Waals surface area contributed by atoms with Crippen molar-refractivity contribution in [2.45, 2.75) is 0 Å². The van der Waals surface area contributed by atoms with E-state index in [1.807, 2.05) is 0 Å². The SMILES string of the molecule is C[SH](=O)=O.Cl. The van der Waals surface area contributed by atoms with Crippen LogP contribution in [0.1, 0.15) is 0 Å². The summed E-state index contributed by atoms with van der Waals surface area (Å²) in [6, 6.07) is 0. The molecular formula is CH5ClO2S. The number of hydrogen-bond acceptors (Lipinski definition) is 2. The summed E-state index contributed by atoms with van der Waals surface area (Å²) in [5, 5.41) is 0. The molecule has 0 heterocycles. The first kappa shape index (κ1) is 8.97. The second-order valence-electron chi connectivity index (χ2n) is 0.440. The van der Waals surface area contributed by atoms with Crippen molar-refractivity contribution < 1.29 is 8.42 Å². The van der Waals surface area contributed by atoms with Gasteiger partial charge in [-0.15, -0.1) is 12.4 Å². The minimum atomic E-state index is -2.12. The van der Waals surface area contributed by atoms with E-state index in [0.717, 1.165) is 6.26 Å². The van der Waals surface area contributed by atoms with Crippen molar-refractivity contribution in [2.75, 3.05) is 6.26 Å². The predicted molar refractivity (Wildman–Crippen MR) is 23.5 cm³/mol. The molecule has 4 heteroatoms. The fourth-order valence-corrected chi connectivity index (χ4v) is 0. The maximum absolute atomic E-state index is 9.04. The lowest BCUT2D eigenvalue weighted by molar-refractivity contribution is 0.619. The Labute approximate surface area is 38.5 Å². The zero-order chi connectivity index (χ0) is 3.58. The van der Waals surface area contributed by atoms with Crippen LogP contribution in [0.2, 0.25) is 0 Å². The number of thiol groups is 1. The molecule has 0 aromatic heterocycles. The molecule has 0 unspecified atom stereocenters. The van der Waals surface area contributed by atoms with Gasteiger partial charge in [0.15, 0.2) is 0 Å². The molecule has 34 valence electrons. The van der Waals surface area contributed by atoms with Crippen molar-refractivity contribution in [1.82, 2.24) is 0 Å². The van der Waals surface area contributed by atoms with Gasteiger partial charge in [0.25, 0.3) is 0 Å². The summed E-state index contributed by atoms with van der Waals surface area (Å²) in [6.07, 6.45) is 1.12. The minimum Gasteiger partial charge on any atom is -0.232 e. The van der Waals surface area contributed by atoms with Crippen LogP contribution in [0.3, 0.4) is 0 Å². The van der Waals surface area contributed by atoms with E-state index >= 15 is 0 Å². The molecule has 0 aromatic rings. The molecule has 0 aliphatic heterocycles. The van der Waals surface area contributed by atoms with Gasteiger partial charge in [0.2, 0.25) is 0 Å². The van der Waals surface area contributed by atoms with Crippen LogP contribution in [0.15, 0.2) is 0 Å². The van der Waals surface area contributed by atoms with E-state index in [-0.39, 0.29) is 12.4 Å². The standard InChI is InChI=1S/CH4O2S.ClH/c1-4(2)3;/h4H,1H3;1H. The predicted octanol–water partition coefficient (Wildman–Crippen LogP) is -0.351. The van der Waals surface area contributed by atoms with Crippen LogP contribution in [0.5, 0.6) is 0 Å². The Morgan fingerprint density at radius 1 is 1.40 bits per heavy atom.